The lowest BCUT2D eigenvalue weighted by molar-refractivity contribution is 0.452. The maximum absolute atomic E-state index is 11.0. The van der Waals surface area contributed by atoms with Gasteiger partial charge in [-0.2, -0.15) is 5.11 Å². The molecule has 2 aromatic rings. The van der Waals surface area contributed by atoms with E-state index in [9.17, 15) is 9.90 Å². The Labute approximate surface area is 97.5 Å². The molecule has 2 rings (SSSR count). The second-order valence-corrected chi connectivity index (χ2v) is 3.55. The molecule has 0 amide bonds. The molecule has 0 saturated carbocycles. The standard InChI is InChI=1S/C12H11N3O2/c1-8-7-10(16)13-12(17)11(8)15-14-9-5-3-2-4-6-9/h2-7H,1H3,(H2,13,16,17). The molecule has 0 aliphatic carbocycles. The van der Waals surface area contributed by atoms with Gasteiger partial charge in [0.2, 0.25) is 5.88 Å². The molecule has 1 aromatic heterocycles. The molecule has 1 heterocycles. The minimum absolute atomic E-state index is 0.269. The van der Waals surface area contributed by atoms with E-state index in [1.54, 1.807) is 19.1 Å². The van der Waals surface area contributed by atoms with Gasteiger partial charge in [0.1, 0.15) is 5.69 Å². The zero-order valence-electron chi connectivity index (χ0n) is 9.21. The normalized spacial score (nSPS) is 10.9. The van der Waals surface area contributed by atoms with E-state index in [1.165, 1.54) is 6.07 Å². The van der Waals surface area contributed by atoms with Crippen molar-refractivity contribution in [2.45, 2.75) is 6.92 Å². The molecule has 0 saturated heterocycles. The van der Waals surface area contributed by atoms with Gasteiger partial charge in [-0.15, -0.1) is 5.11 Å². The van der Waals surface area contributed by atoms with Crippen LogP contribution < -0.4 is 5.56 Å². The molecule has 86 valence electrons. The molecule has 0 unspecified atom stereocenters. The average Bonchev–Trinajstić information content (AvgIpc) is 2.29. The predicted molar refractivity (Wildman–Crippen MR) is 64.1 cm³/mol. The molecule has 17 heavy (non-hydrogen) atoms. The lowest BCUT2D eigenvalue weighted by Crippen LogP contribution is -2.03. The Morgan fingerprint density at radius 2 is 1.88 bits per heavy atom. The van der Waals surface area contributed by atoms with Gasteiger partial charge in [-0.1, -0.05) is 18.2 Å². The number of rotatable bonds is 2. The maximum Gasteiger partial charge on any atom is 0.251 e. The van der Waals surface area contributed by atoms with Gasteiger partial charge in [0.25, 0.3) is 5.56 Å². The molecule has 2 N–H and O–H groups in total. The first-order valence-corrected chi connectivity index (χ1v) is 5.06. The fourth-order valence-corrected chi connectivity index (χ4v) is 1.39. The molecule has 0 bridgehead atoms. The van der Waals surface area contributed by atoms with Gasteiger partial charge in [-0.05, 0) is 24.6 Å². The van der Waals surface area contributed by atoms with Crippen LogP contribution in [0.3, 0.4) is 0 Å². The third-order valence-corrected chi connectivity index (χ3v) is 2.21. The fourth-order valence-electron chi connectivity index (χ4n) is 1.39. The molecular formula is C12H11N3O2. The summed E-state index contributed by atoms with van der Waals surface area (Å²) < 4.78 is 0. The van der Waals surface area contributed by atoms with E-state index in [0.29, 0.717) is 11.3 Å². The number of hydrogen-bond acceptors (Lipinski definition) is 4. The minimum atomic E-state index is -0.362. The molecule has 0 fully saturated rings. The third kappa shape index (κ3) is 2.57. The van der Waals surface area contributed by atoms with Crippen molar-refractivity contribution in [3.05, 3.63) is 52.3 Å². The largest absolute Gasteiger partial charge is 0.493 e. The molecule has 5 nitrogen and oxygen atoms in total. The van der Waals surface area contributed by atoms with E-state index >= 15 is 0 Å². The number of nitrogens with one attached hydrogen (secondary N) is 1. The first-order chi connectivity index (χ1) is 8.16. The van der Waals surface area contributed by atoms with E-state index in [4.69, 9.17) is 0 Å². The molecule has 0 radical (unpaired) electrons. The number of aryl methyl sites for hydroxylation is 1. The van der Waals surface area contributed by atoms with Crippen LogP contribution in [0, 0.1) is 6.92 Å². The molecule has 0 aliphatic heterocycles. The van der Waals surface area contributed by atoms with Crippen LogP contribution in [0.1, 0.15) is 5.56 Å². The summed E-state index contributed by atoms with van der Waals surface area (Å²) in [6, 6.07) is 10.5. The smallest absolute Gasteiger partial charge is 0.251 e. The number of azo groups is 1. The minimum Gasteiger partial charge on any atom is -0.493 e. The Kier molecular flexibility index (Phi) is 3.00. The summed E-state index contributed by atoms with van der Waals surface area (Å²) in [5.74, 6) is -0.269. The SMILES string of the molecule is Cc1cc(=O)[nH]c(O)c1N=Nc1ccccc1. The summed E-state index contributed by atoms with van der Waals surface area (Å²) in [7, 11) is 0. The lowest BCUT2D eigenvalue weighted by atomic mass is 10.2. The number of pyridine rings is 1. The molecular weight excluding hydrogens is 218 g/mol. The van der Waals surface area contributed by atoms with Crippen molar-refractivity contribution in [1.82, 2.24) is 4.98 Å². The Bertz CT molecular complexity index is 577. The quantitative estimate of drug-likeness (QED) is 0.776. The summed E-state index contributed by atoms with van der Waals surface area (Å²) in [5, 5.41) is 17.4. The van der Waals surface area contributed by atoms with Crippen LogP contribution in [-0.2, 0) is 0 Å². The average molecular weight is 229 g/mol. The van der Waals surface area contributed by atoms with Crippen molar-refractivity contribution in [2.24, 2.45) is 10.2 Å². The molecule has 1 aromatic carbocycles. The number of H-pyrrole nitrogens is 1. The molecule has 5 heteroatoms. The first kappa shape index (κ1) is 11.1. The van der Waals surface area contributed by atoms with E-state index in [0.717, 1.165) is 0 Å². The highest BCUT2D eigenvalue weighted by atomic mass is 16.3. The van der Waals surface area contributed by atoms with Crippen LogP contribution >= 0.6 is 0 Å². The summed E-state index contributed by atoms with van der Waals surface area (Å²) >= 11 is 0. The van der Waals surface area contributed by atoms with Gasteiger partial charge in [-0.3, -0.25) is 9.78 Å². The second-order valence-electron chi connectivity index (χ2n) is 3.55. The zero-order valence-corrected chi connectivity index (χ0v) is 9.21. The lowest BCUT2D eigenvalue weighted by Gasteiger charge is -2.00. The number of hydrogen-bond donors (Lipinski definition) is 2. The first-order valence-electron chi connectivity index (χ1n) is 5.06. The van der Waals surface area contributed by atoms with Gasteiger partial charge in [0.15, 0.2) is 0 Å². The van der Waals surface area contributed by atoms with Crippen molar-refractivity contribution in [3.8, 4) is 5.88 Å². The number of aromatic amines is 1. The van der Waals surface area contributed by atoms with Crippen molar-refractivity contribution in [1.29, 1.82) is 0 Å². The molecule has 0 atom stereocenters. The van der Waals surface area contributed by atoms with Crippen LogP contribution in [0.15, 0.2) is 51.4 Å². The van der Waals surface area contributed by atoms with Crippen molar-refractivity contribution in [3.63, 3.8) is 0 Å². The number of aromatic nitrogens is 1. The molecule has 0 spiro atoms. The van der Waals surface area contributed by atoms with Gasteiger partial charge in [-0.25, -0.2) is 0 Å². The zero-order chi connectivity index (χ0) is 12.3. The Hall–Kier alpha value is -2.43. The van der Waals surface area contributed by atoms with Crippen molar-refractivity contribution in [2.75, 3.05) is 0 Å². The van der Waals surface area contributed by atoms with Gasteiger partial charge >= 0.3 is 0 Å². The monoisotopic (exact) mass is 229 g/mol. The van der Waals surface area contributed by atoms with Crippen molar-refractivity contribution < 1.29 is 5.11 Å². The van der Waals surface area contributed by atoms with E-state index in [2.05, 4.69) is 15.2 Å². The fraction of sp³-hybridized carbons (Fsp3) is 0.0833. The summed E-state index contributed by atoms with van der Waals surface area (Å²) in [6.45, 7) is 1.69. The van der Waals surface area contributed by atoms with Crippen LogP contribution in [-0.4, -0.2) is 10.1 Å². The summed E-state index contributed by atoms with van der Waals surface area (Å²) in [6.07, 6.45) is 0. The van der Waals surface area contributed by atoms with Crippen molar-refractivity contribution >= 4 is 11.4 Å². The number of aromatic hydroxyl groups is 1. The molecule has 0 aliphatic rings. The van der Waals surface area contributed by atoms with Gasteiger partial charge < -0.3 is 5.11 Å². The summed E-state index contributed by atoms with van der Waals surface area (Å²) in [5.41, 5.74) is 1.16. The van der Waals surface area contributed by atoms with Crippen LogP contribution in [0.2, 0.25) is 0 Å². The Morgan fingerprint density at radius 1 is 1.18 bits per heavy atom. The van der Waals surface area contributed by atoms with Gasteiger partial charge in [0, 0.05) is 6.07 Å². The highest BCUT2D eigenvalue weighted by molar-refractivity contribution is 5.52. The van der Waals surface area contributed by atoms with Crippen LogP contribution in [0.5, 0.6) is 5.88 Å². The van der Waals surface area contributed by atoms with Gasteiger partial charge in [0.05, 0.1) is 5.69 Å². The topological polar surface area (TPSA) is 77.8 Å². The highest BCUT2D eigenvalue weighted by Crippen LogP contribution is 2.27. The van der Waals surface area contributed by atoms with E-state index in [1.807, 2.05) is 18.2 Å². The highest BCUT2D eigenvalue weighted by Gasteiger charge is 2.05. The van der Waals surface area contributed by atoms with Crippen LogP contribution in [0.25, 0.3) is 0 Å². The Balaban J connectivity index is 2.37. The maximum atomic E-state index is 11.0. The number of nitrogens with zero attached hydrogens (tertiary/aromatic N) is 2. The predicted octanol–water partition coefficient (Wildman–Crippen LogP) is 2.80. The number of benzene rings is 1. The Morgan fingerprint density at radius 3 is 2.53 bits per heavy atom. The van der Waals surface area contributed by atoms with Crippen LogP contribution in [0.4, 0.5) is 11.4 Å². The third-order valence-electron chi connectivity index (χ3n) is 2.21. The van der Waals surface area contributed by atoms with E-state index < -0.39 is 0 Å². The van der Waals surface area contributed by atoms with E-state index in [-0.39, 0.29) is 17.1 Å². The summed E-state index contributed by atoms with van der Waals surface area (Å²) in [4.78, 5) is 13.3. The second kappa shape index (κ2) is 4.61.